The van der Waals surface area contributed by atoms with E-state index in [0.717, 1.165) is 24.3 Å². The molecule has 2 heterocycles. The fourth-order valence-electron chi connectivity index (χ4n) is 4.72. The van der Waals surface area contributed by atoms with Crippen LogP contribution in [0.5, 0.6) is 11.5 Å². The second kappa shape index (κ2) is 12.3. The molecule has 1 aliphatic heterocycles. The topological polar surface area (TPSA) is 99.4 Å². The van der Waals surface area contributed by atoms with Gasteiger partial charge in [0, 0.05) is 25.7 Å². The van der Waals surface area contributed by atoms with E-state index in [0.29, 0.717) is 26.3 Å². The highest BCUT2D eigenvalue weighted by atomic mass is 32.1. The van der Waals surface area contributed by atoms with Gasteiger partial charge in [0.1, 0.15) is 0 Å². The molecule has 0 bridgehead atoms. The lowest BCUT2D eigenvalue weighted by Gasteiger charge is -2.25. The second-order valence-electron chi connectivity index (χ2n) is 9.07. The van der Waals surface area contributed by atoms with Gasteiger partial charge in [-0.05, 0) is 69.2 Å². The number of aromatic nitrogens is 1. The summed E-state index contributed by atoms with van der Waals surface area (Å²) in [7, 11) is 1.45. The fraction of sp³-hybridized carbons (Fsp3) is 0.333. The maximum absolute atomic E-state index is 13.9. The fourth-order valence-corrected chi connectivity index (χ4v) is 5.77. The lowest BCUT2D eigenvalue weighted by molar-refractivity contribution is -0.139. The first-order valence-electron chi connectivity index (χ1n) is 13.1. The molecule has 0 saturated heterocycles. The number of carbonyl (C=O) groups excluding carboxylic acids is 2. The van der Waals surface area contributed by atoms with Crippen LogP contribution in [0.25, 0.3) is 6.08 Å². The molecule has 1 atom stereocenters. The number of methoxy groups -OCH3 is 1. The number of anilines is 1. The average Bonchev–Trinajstić information content (AvgIpc) is 3.23. The van der Waals surface area contributed by atoms with Crippen molar-refractivity contribution in [2.45, 2.75) is 40.7 Å². The number of ether oxygens (including phenoxy) is 3. The van der Waals surface area contributed by atoms with Gasteiger partial charge in [-0.2, -0.15) is 0 Å². The van der Waals surface area contributed by atoms with Crippen LogP contribution in [0, 0.1) is 0 Å². The van der Waals surface area contributed by atoms with Crippen LogP contribution in [0.1, 0.15) is 51.8 Å². The van der Waals surface area contributed by atoms with E-state index >= 15 is 0 Å². The van der Waals surface area contributed by atoms with Crippen molar-refractivity contribution in [2.75, 3.05) is 31.7 Å². The first kappa shape index (κ1) is 28.8. The van der Waals surface area contributed by atoms with Crippen LogP contribution in [0.3, 0.4) is 0 Å². The summed E-state index contributed by atoms with van der Waals surface area (Å²) in [6.45, 7) is 11.0. The summed E-state index contributed by atoms with van der Waals surface area (Å²) >= 11 is 1.26. The molecule has 0 unspecified atom stereocenters. The molecule has 1 aliphatic rings. The molecule has 0 saturated carbocycles. The molecule has 0 fully saturated rings. The summed E-state index contributed by atoms with van der Waals surface area (Å²) in [5, 5.41) is 0. The first-order chi connectivity index (χ1) is 19.2. The quantitative estimate of drug-likeness (QED) is 0.290. The summed E-state index contributed by atoms with van der Waals surface area (Å²) in [6, 6.07) is 12.2. The molecule has 0 N–H and O–H groups in total. The van der Waals surface area contributed by atoms with Gasteiger partial charge in [0.15, 0.2) is 16.3 Å². The summed E-state index contributed by atoms with van der Waals surface area (Å²) < 4.78 is 18.1. The largest absolute Gasteiger partial charge is 0.493 e. The number of esters is 2. The maximum atomic E-state index is 13.9. The van der Waals surface area contributed by atoms with Crippen molar-refractivity contribution in [3.05, 3.63) is 84.5 Å². The van der Waals surface area contributed by atoms with Crippen molar-refractivity contribution in [3.8, 4) is 11.5 Å². The third kappa shape index (κ3) is 5.72. The number of allylic oxidation sites excluding steroid dienone is 1. The minimum atomic E-state index is -0.817. The predicted octanol–water partition coefficient (Wildman–Crippen LogP) is 3.58. The Balaban J connectivity index is 1.88. The van der Waals surface area contributed by atoms with E-state index in [-0.39, 0.29) is 23.5 Å². The minimum absolute atomic E-state index is 0.172. The van der Waals surface area contributed by atoms with Crippen LogP contribution in [0.4, 0.5) is 5.69 Å². The number of rotatable bonds is 9. The van der Waals surface area contributed by atoms with Crippen LogP contribution in [0.2, 0.25) is 0 Å². The van der Waals surface area contributed by atoms with Gasteiger partial charge in [-0.15, -0.1) is 0 Å². The van der Waals surface area contributed by atoms with Crippen LogP contribution >= 0.6 is 11.3 Å². The highest BCUT2D eigenvalue weighted by Crippen LogP contribution is 2.36. The Labute approximate surface area is 236 Å². The van der Waals surface area contributed by atoms with Crippen molar-refractivity contribution in [3.63, 3.8) is 0 Å². The molecule has 0 radical (unpaired) electrons. The van der Waals surface area contributed by atoms with Gasteiger partial charge >= 0.3 is 11.9 Å². The minimum Gasteiger partial charge on any atom is -0.493 e. The molecule has 210 valence electrons. The lowest BCUT2D eigenvalue weighted by Crippen LogP contribution is -2.40. The van der Waals surface area contributed by atoms with Gasteiger partial charge in [-0.1, -0.05) is 29.5 Å². The van der Waals surface area contributed by atoms with Gasteiger partial charge in [-0.25, -0.2) is 9.79 Å². The number of fused-ring (bicyclic) bond motifs is 1. The Kier molecular flexibility index (Phi) is 8.89. The average molecular weight is 564 g/mol. The third-order valence-electron chi connectivity index (χ3n) is 6.59. The third-order valence-corrected chi connectivity index (χ3v) is 7.58. The number of hydrogen-bond acceptors (Lipinski definition) is 9. The summed E-state index contributed by atoms with van der Waals surface area (Å²) in [4.78, 5) is 45.9. The standard InChI is InChI=1S/C30H33N3O6S/c1-7-32(8-2)22-13-10-20(11-14-22)16-25-28(35)33-27(21-12-15-23(39-19(5)34)24(17-21)37-6)26(29(36)38-9-3)18(4)31-30(33)40-25/h10-17,27H,7-9H2,1-6H3/t27-/m0/s1. The second-order valence-corrected chi connectivity index (χ2v) is 10.1. The van der Waals surface area contributed by atoms with E-state index in [9.17, 15) is 14.4 Å². The Morgan fingerprint density at radius 1 is 1.07 bits per heavy atom. The summed E-state index contributed by atoms with van der Waals surface area (Å²) in [5.41, 5.74) is 3.02. The number of benzene rings is 2. The normalized spacial score (nSPS) is 14.8. The van der Waals surface area contributed by atoms with E-state index in [1.54, 1.807) is 32.0 Å². The van der Waals surface area contributed by atoms with Gasteiger partial charge < -0.3 is 19.1 Å². The molecule has 0 aliphatic carbocycles. The molecule has 0 spiro atoms. The Morgan fingerprint density at radius 2 is 1.77 bits per heavy atom. The van der Waals surface area contributed by atoms with Crippen LogP contribution in [-0.2, 0) is 14.3 Å². The lowest BCUT2D eigenvalue weighted by atomic mass is 9.95. The van der Waals surface area contributed by atoms with Crippen molar-refractivity contribution in [2.24, 2.45) is 4.99 Å². The number of carbonyl (C=O) groups is 2. The Bertz CT molecular complexity index is 1630. The molecule has 0 amide bonds. The smallest absolute Gasteiger partial charge is 0.338 e. The highest BCUT2D eigenvalue weighted by Gasteiger charge is 2.34. The summed E-state index contributed by atoms with van der Waals surface area (Å²) in [5.74, 6) is -0.524. The van der Waals surface area contributed by atoms with Gasteiger partial charge in [0.2, 0.25) is 0 Å². The van der Waals surface area contributed by atoms with Crippen molar-refractivity contribution < 1.29 is 23.8 Å². The zero-order chi connectivity index (χ0) is 29.0. The zero-order valence-corrected chi connectivity index (χ0v) is 24.3. The van der Waals surface area contributed by atoms with Crippen LogP contribution in [-0.4, -0.2) is 43.3 Å². The number of nitrogens with zero attached hydrogens (tertiary/aromatic N) is 3. The molecule has 10 heteroatoms. The molecule has 3 aromatic rings. The van der Waals surface area contributed by atoms with Gasteiger partial charge in [-0.3, -0.25) is 14.2 Å². The van der Waals surface area contributed by atoms with E-state index in [1.807, 2.05) is 30.3 Å². The monoisotopic (exact) mass is 563 g/mol. The van der Waals surface area contributed by atoms with E-state index in [2.05, 4.69) is 23.7 Å². The molecule has 9 nitrogen and oxygen atoms in total. The molecule has 2 aromatic carbocycles. The molecule has 1 aromatic heterocycles. The molecular formula is C30H33N3O6S. The summed E-state index contributed by atoms with van der Waals surface area (Å²) in [6.07, 6.45) is 1.83. The predicted molar refractivity (Wildman–Crippen MR) is 155 cm³/mol. The van der Waals surface area contributed by atoms with Gasteiger partial charge in [0.25, 0.3) is 5.56 Å². The SMILES string of the molecule is CCOC(=O)C1=C(C)N=c2sc(=Cc3ccc(N(CC)CC)cc3)c(=O)n2[C@H]1c1ccc(OC(C)=O)c(OC)c1. The van der Waals surface area contributed by atoms with Crippen molar-refractivity contribution >= 4 is 35.0 Å². The van der Waals surface area contributed by atoms with Gasteiger partial charge in [0.05, 0.1) is 35.6 Å². The van der Waals surface area contributed by atoms with Crippen molar-refractivity contribution in [1.82, 2.24) is 4.57 Å². The van der Waals surface area contributed by atoms with E-state index < -0.39 is 18.0 Å². The van der Waals surface area contributed by atoms with Crippen LogP contribution < -0.4 is 29.3 Å². The Morgan fingerprint density at radius 3 is 2.38 bits per heavy atom. The number of hydrogen-bond donors (Lipinski definition) is 0. The zero-order valence-electron chi connectivity index (χ0n) is 23.5. The molecule has 40 heavy (non-hydrogen) atoms. The van der Waals surface area contributed by atoms with Crippen molar-refractivity contribution in [1.29, 1.82) is 0 Å². The van der Waals surface area contributed by atoms with E-state index in [4.69, 9.17) is 14.2 Å². The molecule has 4 rings (SSSR count). The van der Waals surface area contributed by atoms with Crippen LogP contribution in [0.15, 0.2) is 63.5 Å². The highest BCUT2D eigenvalue weighted by molar-refractivity contribution is 7.07. The Hall–Kier alpha value is -4.18. The maximum Gasteiger partial charge on any atom is 0.338 e. The first-order valence-corrected chi connectivity index (χ1v) is 13.9. The number of thiazole rings is 1. The van der Waals surface area contributed by atoms with E-state index in [1.165, 1.54) is 29.9 Å². The molecular weight excluding hydrogens is 530 g/mol.